The van der Waals surface area contributed by atoms with E-state index in [4.69, 9.17) is 4.74 Å². The standard InChI is InChI=1S/C24H19Br5N2O4/c1-35-23-19(28)7-12(8-20(23)29)6-16(21(32)11-30-14-4-2-13(25)3-5-14)24(34)31-15-9-17(26)22(33)18(27)10-15/h2-5,7-10,16,30,33H,6,11H2,1H3,(H,31,34). The lowest BCUT2D eigenvalue weighted by Gasteiger charge is -2.18. The Kier molecular flexibility index (Phi) is 10.2. The third-order valence-electron chi connectivity index (χ3n) is 5.00. The SMILES string of the molecule is COc1c(Br)cc(CC(C(=O)CNc2ccc(Br)cc2)C(=O)Nc2cc(Br)c(O)c(Br)c2)cc1Br. The van der Waals surface area contributed by atoms with Gasteiger partial charge in [0.15, 0.2) is 5.78 Å². The highest BCUT2D eigenvalue weighted by Crippen LogP contribution is 2.36. The molecule has 3 rings (SSSR count). The molecule has 6 nitrogen and oxygen atoms in total. The lowest BCUT2D eigenvalue weighted by Crippen LogP contribution is -2.35. The van der Waals surface area contributed by atoms with Crippen molar-refractivity contribution in [3.63, 3.8) is 0 Å². The maximum Gasteiger partial charge on any atom is 0.235 e. The molecule has 11 heteroatoms. The van der Waals surface area contributed by atoms with E-state index >= 15 is 0 Å². The van der Waals surface area contributed by atoms with Crippen molar-refractivity contribution in [2.45, 2.75) is 6.42 Å². The lowest BCUT2D eigenvalue weighted by atomic mass is 9.93. The van der Waals surface area contributed by atoms with Gasteiger partial charge in [-0.05, 0) is 124 Å². The molecule has 3 aromatic carbocycles. The maximum atomic E-state index is 13.3. The molecule has 3 N–H and O–H groups in total. The largest absolute Gasteiger partial charge is 0.506 e. The van der Waals surface area contributed by atoms with Gasteiger partial charge in [-0.15, -0.1) is 0 Å². The number of phenolic OH excluding ortho intramolecular Hbond substituents is 1. The molecule has 0 heterocycles. The zero-order chi connectivity index (χ0) is 25.7. The number of ketones is 1. The van der Waals surface area contributed by atoms with E-state index in [1.807, 2.05) is 36.4 Å². The van der Waals surface area contributed by atoms with Gasteiger partial charge in [-0.3, -0.25) is 9.59 Å². The molecule has 0 spiro atoms. The van der Waals surface area contributed by atoms with Crippen molar-refractivity contribution in [3.8, 4) is 11.5 Å². The number of phenols is 1. The lowest BCUT2D eigenvalue weighted by molar-refractivity contribution is -0.130. The summed E-state index contributed by atoms with van der Waals surface area (Å²) in [6, 6.07) is 14.2. The van der Waals surface area contributed by atoms with Crippen LogP contribution in [-0.2, 0) is 16.0 Å². The second kappa shape index (κ2) is 12.7. The van der Waals surface area contributed by atoms with E-state index in [0.717, 1.165) is 15.7 Å². The second-order valence-electron chi connectivity index (χ2n) is 7.45. The third kappa shape index (κ3) is 7.55. The minimum Gasteiger partial charge on any atom is -0.506 e. The summed E-state index contributed by atoms with van der Waals surface area (Å²) >= 11 is 16.9. The summed E-state index contributed by atoms with van der Waals surface area (Å²) in [4.78, 5) is 26.6. The van der Waals surface area contributed by atoms with Gasteiger partial charge in [0.1, 0.15) is 17.4 Å². The molecule has 0 aliphatic rings. The number of hydrogen-bond donors (Lipinski definition) is 3. The number of Topliss-reactive ketones (excluding diaryl/α,β-unsaturated/α-hetero) is 1. The fourth-order valence-electron chi connectivity index (χ4n) is 3.26. The number of aromatic hydroxyl groups is 1. The predicted molar refractivity (Wildman–Crippen MR) is 155 cm³/mol. The summed E-state index contributed by atoms with van der Waals surface area (Å²) in [5.74, 6) is -1.07. The van der Waals surface area contributed by atoms with E-state index in [1.54, 1.807) is 19.2 Å². The highest BCUT2D eigenvalue weighted by molar-refractivity contribution is 9.11. The number of hydrogen-bond acceptors (Lipinski definition) is 5. The van der Waals surface area contributed by atoms with Gasteiger partial charge in [0.25, 0.3) is 0 Å². The van der Waals surface area contributed by atoms with Crippen LogP contribution in [0.4, 0.5) is 11.4 Å². The second-order valence-corrected chi connectivity index (χ2v) is 11.8. The van der Waals surface area contributed by atoms with Gasteiger partial charge in [-0.1, -0.05) is 15.9 Å². The van der Waals surface area contributed by atoms with Crippen LogP contribution in [0.5, 0.6) is 11.5 Å². The van der Waals surface area contributed by atoms with Crippen molar-refractivity contribution in [1.29, 1.82) is 0 Å². The number of amides is 1. The molecule has 0 saturated heterocycles. The van der Waals surface area contributed by atoms with E-state index in [1.165, 1.54) is 0 Å². The van der Waals surface area contributed by atoms with Crippen LogP contribution in [0.1, 0.15) is 5.56 Å². The first kappa shape index (κ1) is 28.2. The number of carbonyl (C=O) groups is 2. The number of ether oxygens (including phenoxy) is 1. The highest BCUT2D eigenvalue weighted by Gasteiger charge is 2.28. The Balaban J connectivity index is 1.85. The van der Waals surface area contributed by atoms with Crippen molar-refractivity contribution in [1.82, 2.24) is 0 Å². The van der Waals surface area contributed by atoms with Gasteiger partial charge in [0.05, 0.1) is 31.5 Å². The van der Waals surface area contributed by atoms with E-state index in [-0.39, 0.29) is 24.5 Å². The first-order chi connectivity index (χ1) is 16.6. The summed E-state index contributed by atoms with van der Waals surface area (Å²) in [6.45, 7) is -0.0266. The quantitative estimate of drug-likeness (QED) is 0.153. The Labute approximate surface area is 244 Å². The van der Waals surface area contributed by atoms with Crippen LogP contribution in [0.25, 0.3) is 0 Å². The summed E-state index contributed by atoms with van der Waals surface area (Å²) in [6.07, 6.45) is 0.175. The van der Waals surface area contributed by atoms with Crippen LogP contribution >= 0.6 is 79.6 Å². The van der Waals surface area contributed by atoms with Crippen LogP contribution in [0.2, 0.25) is 0 Å². The van der Waals surface area contributed by atoms with E-state index in [2.05, 4.69) is 90.3 Å². The van der Waals surface area contributed by atoms with Crippen LogP contribution in [0.3, 0.4) is 0 Å². The minimum absolute atomic E-state index is 0.0160. The van der Waals surface area contributed by atoms with Crippen molar-refractivity contribution in [2.24, 2.45) is 5.92 Å². The number of methoxy groups -OCH3 is 1. The van der Waals surface area contributed by atoms with E-state index in [0.29, 0.717) is 29.3 Å². The molecule has 1 unspecified atom stereocenters. The Morgan fingerprint density at radius 1 is 0.886 bits per heavy atom. The number of halogens is 5. The zero-order valence-electron chi connectivity index (χ0n) is 18.2. The highest BCUT2D eigenvalue weighted by atomic mass is 79.9. The smallest absolute Gasteiger partial charge is 0.235 e. The molecule has 3 aromatic rings. The Hall–Kier alpha value is -1.40. The van der Waals surface area contributed by atoms with Gasteiger partial charge in [0.2, 0.25) is 5.91 Å². The average Bonchev–Trinajstić information content (AvgIpc) is 2.80. The van der Waals surface area contributed by atoms with Gasteiger partial charge >= 0.3 is 0 Å². The Morgan fingerprint density at radius 3 is 2.00 bits per heavy atom. The molecule has 0 aliphatic heterocycles. The number of carbonyl (C=O) groups excluding carboxylic acids is 2. The van der Waals surface area contributed by atoms with Gasteiger partial charge in [0, 0.05) is 15.8 Å². The molecule has 1 amide bonds. The van der Waals surface area contributed by atoms with Gasteiger partial charge in [-0.2, -0.15) is 0 Å². The average molecular weight is 799 g/mol. The van der Waals surface area contributed by atoms with Crippen molar-refractivity contribution < 1.29 is 19.4 Å². The fourth-order valence-corrected chi connectivity index (χ4v) is 6.32. The molecule has 184 valence electrons. The normalized spacial score (nSPS) is 11.6. The molecule has 35 heavy (non-hydrogen) atoms. The van der Waals surface area contributed by atoms with Crippen molar-refractivity contribution >= 4 is 103 Å². The van der Waals surface area contributed by atoms with Crippen LogP contribution < -0.4 is 15.4 Å². The predicted octanol–water partition coefficient (Wildman–Crippen LogP) is 7.69. The number of benzene rings is 3. The summed E-state index contributed by atoms with van der Waals surface area (Å²) < 4.78 is 8.50. The summed E-state index contributed by atoms with van der Waals surface area (Å²) in [5.41, 5.74) is 1.97. The molecule has 0 saturated carbocycles. The number of anilines is 2. The van der Waals surface area contributed by atoms with Crippen LogP contribution in [0.15, 0.2) is 70.9 Å². The van der Waals surface area contributed by atoms with Crippen LogP contribution in [-0.4, -0.2) is 30.5 Å². The van der Waals surface area contributed by atoms with Crippen LogP contribution in [0, 0.1) is 5.92 Å². The monoisotopic (exact) mass is 794 g/mol. The van der Waals surface area contributed by atoms with Gasteiger partial charge in [-0.25, -0.2) is 0 Å². The fraction of sp³-hybridized carbons (Fsp3) is 0.167. The molecule has 0 aromatic heterocycles. The Bertz CT molecular complexity index is 1210. The molecular formula is C24H19Br5N2O4. The summed E-state index contributed by atoms with van der Waals surface area (Å²) in [5, 5.41) is 15.8. The minimum atomic E-state index is -0.975. The first-order valence-corrected chi connectivity index (χ1v) is 14.1. The molecule has 0 bridgehead atoms. The van der Waals surface area contributed by atoms with E-state index < -0.39 is 11.8 Å². The molecular weight excluding hydrogens is 780 g/mol. The molecule has 0 radical (unpaired) electrons. The van der Waals surface area contributed by atoms with Crippen molar-refractivity contribution in [2.75, 3.05) is 24.3 Å². The Morgan fingerprint density at radius 2 is 1.46 bits per heavy atom. The molecule has 0 aliphatic carbocycles. The number of rotatable bonds is 9. The first-order valence-electron chi connectivity index (χ1n) is 10.1. The zero-order valence-corrected chi connectivity index (χ0v) is 26.1. The summed E-state index contributed by atoms with van der Waals surface area (Å²) in [7, 11) is 1.56. The molecule has 0 fully saturated rings. The van der Waals surface area contributed by atoms with Crippen molar-refractivity contribution in [3.05, 3.63) is 76.5 Å². The van der Waals surface area contributed by atoms with Gasteiger partial charge < -0.3 is 20.5 Å². The third-order valence-corrected chi connectivity index (χ3v) is 7.92. The van der Waals surface area contributed by atoms with E-state index in [9.17, 15) is 14.7 Å². The topological polar surface area (TPSA) is 87.7 Å². The maximum absolute atomic E-state index is 13.3. The number of nitrogens with one attached hydrogen (secondary N) is 2. The molecule has 1 atom stereocenters.